The van der Waals surface area contributed by atoms with E-state index in [4.69, 9.17) is 13.9 Å². The molecule has 3 aromatic rings. The third-order valence-electron chi connectivity index (χ3n) is 3.91. The highest BCUT2D eigenvalue weighted by molar-refractivity contribution is 6.09. The molecule has 6 heteroatoms. The zero-order valence-corrected chi connectivity index (χ0v) is 13.3. The first kappa shape index (κ1) is 15.7. The number of hydrogen-bond acceptors (Lipinski definition) is 6. The van der Waals surface area contributed by atoms with Crippen LogP contribution >= 0.6 is 0 Å². The summed E-state index contributed by atoms with van der Waals surface area (Å²) in [7, 11) is 2.41. The third kappa shape index (κ3) is 2.23. The van der Waals surface area contributed by atoms with Crippen LogP contribution in [0.15, 0.2) is 39.5 Å². The minimum absolute atomic E-state index is 0.000527. The lowest BCUT2D eigenvalue weighted by molar-refractivity contribution is 0.0555. The Kier molecular flexibility index (Phi) is 3.81. The van der Waals surface area contributed by atoms with Crippen molar-refractivity contribution in [1.82, 2.24) is 0 Å². The summed E-state index contributed by atoms with van der Waals surface area (Å²) in [6.45, 7) is 1.58. The summed E-state index contributed by atoms with van der Waals surface area (Å²) in [5.41, 5.74) is 0.651. The van der Waals surface area contributed by atoms with Gasteiger partial charge in [-0.15, -0.1) is 0 Å². The van der Waals surface area contributed by atoms with Gasteiger partial charge >= 0.3 is 11.9 Å². The lowest BCUT2D eigenvalue weighted by Crippen LogP contribution is -2.16. The first-order valence-corrected chi connectivity index (χ1v) is 7.15. The SMILES string of the molecule is COC(=O)c1cc2oc3ccccc3c(=O)c2c(C)c1C(=O)OC. The zero-order valence-electron chi connectivity index (χ0n) is 13.3. The first-order valence-electron chi connectivity index (χ1n) is 7.15. The van der Waals surface area contributed by atoms with Crippen LogP contribution in [0.3, 0.4) is 0 Å². The van der Waals surface area contributed by atoms with Crippen LogP contribution in [-0.2, 0) is 9.47 Å². The molecule has 0 atom stereocenters. The third-order valence-corrected chi connectivity index (χ3v) is 3.91. The van der Waals surface area contributed by atoms with Crippen LogP contribution in [0.25, 0.3) is 21.9 Å². The van der Waals surface area contributed by atoms with Gasteiger partial charge in [0.15, 0.2) is 0 Å². The van der Waals surface area contributed by atoms with Crippen molar-refractivity contribution in [3.8, 4) is 0 Å². The number of fused-ring (bicyclic) bond motifs is 2. The predicted molar refractivity (Wildman–Crippen MR) is 87.4 cm³/mol. The Hall–Kier alpha value is -3.15. The first-order chi connectivity index (χ1) is 11.5. The fraction of sp³-hybridized carbons (Fsp3) is 0.167. The van der Waals surface area contributed by atoms with E-state index in [9.17, 15) is 14.4 Å². The van der Waals surface area contributed by atoms with E-state index in [0.29, 0.717) is 16.5 Å². The topological polar surface area (TPSA) is 82.8 Å². The summed E-state index contributed by atoms with van der Waals surface area (Å²) in [5, 5.41) is 0.636. The molecule has 0 aliphatic carbocycles. The van der Waals surface area contributed by atoms with Crippen molar-refractivity contribution in [2.45, 2.75) is 6.92 Å². The number of esters is 2. The molecule has 0 amide bonds. The molecule has 24 heavy (non-hydrogen) atoms. The standard InChI is InChI=1S/C18H14O6/c1-9-14(18(21)23-3)11(17(20)22-2)8-13-15(9)16(19)10-6-4-5-7-12(10)24-13/h4-8H,1-3H3. The Morgan fingerprint density at radius 2 is 1.67 bits per heavy atom. The van der Waals surface area contributed by atoms with Crippen LogP contribution in [0.4, 0.5) is 0 Å². The summed E-state index contributed by atoms with van der Waals surface area (Å²) in [6, 6.07) is 8.12. The number of benzene rings is 2. The quantitative estimate of drug-likeness (QED) is 0.532. The smallest absolute Gasteiger partial charge is 0.339 e. The molecule has 0 saturated carbocycles. The number of carbonyl (C=O) groups is 2. The van der Waals surface area contributed by atoms with Gasteiger partial charge in [-0.05, 0) is 30.7 Å². The molecule has 2 aromatic carbocycles. The van der Waals surface area contributed by atoms with Crippen LogP contribution in [0.5, 0.6) is 0 Å². The minimum atomic E-state index is -0.720. The molecular formula is C18H14O6. The van der Waals surface area contributed by atoms with Crippen molar-refractivity contribution >= 4 is 33.9 Å². The second-order valence-electron chi connectivity index (χ2n) is 5.21. The van der Waals surface area contributed by atoms with E-state index in [-0.39, 0.29) is 27.5 Å². The number of rotatable bonds is 2. The maximum absolute atomic E-state index is 12.8. The maximum atomic E-state index is 12.8. The van der Waals surface area contributed by atoms with Gasteiger partial charge in [0.25, 0.3) is 0 Å². The van der Waals surface area contributed by atoms with Gasteiger partial charge < -0.3 is 13.9 Å². The van der Waals surface area contributed by atoms with E-state index >= 15 is 0 Å². The second-order valence-corrected chi connectivity index (χ2v) is 5.21. The fourth-order valence-corrected chi connectivity index (χ4v) is 2.78. The van der Waals surface area contributed by atoms with E-state index in [1.807, 2.05) is 0 Å². The Morgan fingerprint density at radius 3 is 2.33 bits per heavy atom. The van der Waals surface area contributed by atoms with Crippen LogP contribution in [0.1, 0.15) is 26.3 Å². The highest BCUT2D eigenvalue weighted by Gasteiger charge is 2.25. The molecule has 0 spiro atoms. The van der Waals surface area contributed by atoms with Crippen LogP contribution in [-0.4, -0.2) is 26.2 Å². The lowest BCUT2D eigenvalue weighted by atomic mass is 9.96. The number of para-hydroxylation sites is 1. The number of hydrogen-bond donors (Lipinski definition) is 0. The van der Waals surface area contributed by atoms with Gasteiger partial charge in [-0.2, -0.15) is 0 Å². The molecule has 0 saturated heterocycles. The normalized spacial score (nSPS) is 10.8. The van der Waals surface area contributed by atoms with Crippen LogP contribution in [0.2, 0.25) is 0 Å². The summed E-state index contributed by atoms with van der Waals surface area (Å²) < 4.78 is 15.2. The molecule has 0 unspecified atom stereocenters. The Labute approximate surface area is 136 Å². The summed E-state index contributed by atoms with van der Waals surface area (Å²) in [4.78, 5) is 37.0. The molecule has 6 nitrogen and oxygen atoms in total. The monoisotopic (exact) mass is 326 g/mol. The van der Waals surface area contributed by atoms with Gasteiger partial charge in [-0.1, -0.05) is 12.1 Å². The van der Waals surface area contributed by atoms with Gasteiger partial charge in [-0.25, -0.2) is 9.59 Å². The van der Waals surface area contributed by atoms with Gasteiger partial charge in [-0.3, -0.25) is 4.79 Å². The predicted octanol–water partition coefficient (Wildman–Crippen LogP) is 2.83. The van der Waals surface area contributed by atoms with Crippen molar-refractivity contribution < 1.29 is 23.5 Å². The molecule has 3 rings (SSSR count). The van der Waals surface area contributed by atoms with E-state index in [1.54, 1.807) is 31.2 Å². The Morgan fingerprint density at radius 1 is 1.00 bits per heavy atom. The van der Waals surface area contributed by atoms with Crippen molar-refractivity contribution in [2.24, 2.45) is 0 Å². The minimum Gasteiger partial charge on any atom is -0.465 e. The Balaban J connectivity index is 2.53. The van der Waals surface area contributed by atoms with Crippen molar-refractivity contribution in [3.05, 3.63) is 57.2 Å². The van der Waals surface area contributed by atoms with E-state index < -0.39 is 11.9 Å². The number of methoxy groups -OCH3 is 2. The van der Waals surface area contributed by atoms with Gasteiger partial charge in [0.1, 0.15) is 11.2 Å². The lowest BCUT2D eigenvalue weighted by Gasteiger charge is -2.12. The van der Waals surface area contributed by atoms with E-state index in [0.717, 1.165) is 0 Å². The Bertz CT molecular complexity index is 1040. The number of ether oxygens (including phenoxy) is 2. The highest BCUT2D eigenvalue weighted by Crippen LogP contribution is 2.27. The molecule has 0 fully saturated rings. The molecule has 1 aromatic heterocycles. The summed E-state index contributed by atoms with van der Waals surface area (Å²) in [5.74, 6) is -1.43. The molecule has 0 N–H and O–H groups in total. The van der Waals surface area contributed by atoms with Gasteiger partial charge in [0, 0.05) is 0 Å². The van der Waals surface area contributed by atoms with E-state index in [1.165, 1.54) is 20.3 Å². The van der Waals surface area contributed by atoms with Gasteiger partial charge in [0.2, 0.25) is 5.43 Å². The van der Waals surface area contributed by atoms with Crippen molar-refractivity contribution in [2.75, 3.05) is 14.2 Å². The molecule has 0 aliphatic rings. The molecule has 1 heterocycles. The molecular weight excluding hydrogens is 312 g/mol. The molecule has 0 aliphatic heterocycles. The van der Waals surface area contributed by atoms with Crippen LogP contribution in [0, 0.1) is 6.92 Å². The van der Waals surface area contributed by atoms with E-state index in [2.05, 4.69) is 0 Å². The van der Waals surface area contributed by atoms with Crippen molar-refractivity contribution in [1.29, 1.82) is 0 Å². The number of aryl methyl sites for hydroxylation is 1. The van der Waals surface area contributed by atoms with Crippen molar-refractivity contribution in [3.63, 3.8) is 0 Å². The average molecular weight is 326 g/mol. The highest BCUT2D eigenvalue weighted by atomic mass is 16.5. The number of carbonyl (C=O) groups excluding carboxylic acids is 2. The van der Waals surface area contributed by atoms with Crippen LogP contribution < -0.4 is 5.43 Å². The molecule has 0 radical (unpaired) electrons. The molecule has 0 bridgehead atoms. The average Bonchev–Trinajstić information content (AvgIpc) is 2.60. The largest absolute Gasteiger partial charge is 0.465 e. The summed E-state index contributed by atoms with van der Waals surface area (Å²) >= 11 is 0. The summed E-state index contributed by atoms with van der Waals surface area (Å²) in [6.07, 6.45) is 0. The maximum Gasteiger partial charge on any atom is 0.339 e. The molecule has 122 valence electrons. The fourth-order valence-electron chi connectivity index (χ4n) is 2.78. The zero-order chi connectivity index (χ0) is 17.4. The second kappa shape index (κ2) is 5.81. The van der Waals surface area contributed by atoms with Gasteiger partial charge in [0.05, 0.1) is 36.1 Å².